The summed E-state index contributed by atoms with van der Waals surface area (Å²) in [6.07, 6.45) is 2.32. The molecule has 0 radical (unpaired) electrons. The number of amides is 4. The molecule has 16 heteroatoms. The third-order valence-electron chi connectivity index (χ3n) is 13.8. The Kier molecular flexibility index (Phi) is 10.4. The van der Waals surface area contributed by atoms with Gasteiger partial charge < -0.3 is 14.7 Å². The molecule has 6 atom stereocenters. The molecule has 65 heavy (non-hydrogen) atoms. The molecule has 0 spiro atoms. The molecule has 4 aromatic carbocycles. The van der Waals surface area contributed by atoms with E-state index >= 15 is 9.59 Å². The lowest BCUT2D eigenvalue weighted by Crippen LogP contribution is -2.49. The number of phenolic OH excluding ortho intramolecular Hbond substituents is 1. The number of phenols is 1. The number of aromatic nitrogens is 2. The molecular formula is C49H43BrClN7O6S. The summed E-state index contributed by atoms with van der Waals surface area (Å²) < 4.78 is 8.76. The summed E-state index contributed by atoms with van der Waals surface area (Å²) in [7, 11) is 7.07. The highest BCUT2D eigenvalue weighted by Crippen LogP contribution is 2.65. The lowest BCUT2D eigenvalue weighted by Gasteiger charge is -2.49. The Morgan fingerprint density at radius 2 is 1.60 bits per heavy atom. The third kappa shape index (κ3) is 6.64. The zero-order valence-electron chi connectivity index (χ0n) is 36.2. The minimum absolute atomic E-state index is 0.134. The summed E-state index contributed by atoms with van der Waals surface area (Å²) >= 11 is 11.5. The fourth-order valence-electron chi connectivity index (χ4n) is 10.6. The number of imide groups is 2. The van der Waals surface area contributed by atoms with E-state index in [2.05, 4.69) is 26.2 Å². The number of benzene rings is 4. The Hall–Kier alpha value is -6.16. The number of anilines is 3. The van der Waals surface area contributed by atoms with Crippen molar-refractivity contribution in [3.05, 3.63) is 117 Å². The zero-order chi connectivity index (χ0) is 45.8. The average Bonchev–Trinajstić information content (AvgIpc) is 3.96. The molecule has 4 heterocycles. The number of methoxy groups -OCH3 is 1. The first-order valence-electron chi connectivity index (χ1n) is 21.2. The number of thiophene rings is 1. The molecule has 2 aliphatic carbocycles. The van der Waals surface area contributed by atoms with Gasteiger partial charge in [-0.15, -0.1) is 11.3 Å². The van der Waals surface area contributed by atoms with Crippen molar-refractivity contribution in [2.24, 2.45) is 46.4 Å². The number of hydrogen-bond donors (Lipinski definition) is 1. The first kappa shape index (κ1) is 42.8. The molecule has 2 aromatic heterocycles. The number of nitrogens with zero attached hydrogens (tertiary/aromatic N) is 7. The summed E-state index contributed by atoms with van der Waals surface area (Å²) in [5.41, 5.74) is 3.92. The summed E-state index contributed by atoms with van der Waals surface area (Å²) in [6.45, 7) is 3.78. The first-order chi connectivity index (χ1) is 31.1. The Balaban J connectivity index is 1.01. The lowest BCUT2D eigenvalue weighted by molar-refractivity contribution is -0.131. The van der Waals surface area contributed by atoms with Gasteiger partial charge in [0.15, 0.2) is 11.5 Å². The fraction of sp³-hybridized carbons (Fsp3) is 0.286. The maximum Gasteiger partial charge on any atom is 0.242 e. The molecule has 10 rings (SSSR count). The maximum absolute atomic E-state index is 15.4. The number of aromatic hydroxyl groups is 1. The van der Waals surface area contributed by atoms with Crippen LogP contribution in [0, 0.1) is 36.0 Å². The van der Waals surface area contributed by atoms with Crippen molar-refractivity contribution in [2.75, 3.05) is 35.9 Å². The highest BCUT2D eigenvalue weighted by molar-refractivity contribution is 9.10. The van der Waals surface area contributed by atoms with Gasteiger partial charge >= 0.3 is 0 Å². The molecule has 13 nitrogen and oxygen atoms in total. The smallest absolute Gasteiger partial charge is 0.242 e. The zero-order valence-corrected chi connectivity index (χ0v) is 39.4. The lowest BCUT2D eigenvalue weighted by atomic mass is 9.51. The van der Waals surface area contributed by atoms with E-state index in [4.69, 9.17) is 21.4 Å². The van der Waals surface area contributed by atoms with E-state index in [9.17, 15) is 14.7 Å². The maximum atomic E-state index is 15.4. The normalized spacial score (nSPS) is 23.9. The number of carbonyl (C=O) groups is 4. The number of carbonyl (C=O) groups excluding carboxylic acids is 4. The Morgan fingerprint density at radius 1 is 0.908 bits per heavy atom. The van der Waals surface area contributed by atoms with Crippen LogP contribution in [0.5, 0.6) is 11.5 Å². The van der Waals surface area contributed by atoms with E-state index in [1.54, 1.807) is 72.5 Å². The van der Waals surface area contributed by atoms with E-state index in [-0.39, 0.29) is 36.2 Å². The molecule has 2 saturated heterocycles. The monoisotopic (exact) mass is 971 g/mol. The van der Waals surface area contributed by atoms with Crippen LogP contribution in [0.4, 0.5) is 28.6 Å². The van der Waals surface area contributed by atoms with E-state index < -0.39 is 46.8 Å². The van der Waals surface area contributed by atoms with Crippen molar-refractivity contribution >= 4 is 101 Å². The van der Waals surface area contributed by atoms with Crippen LogP contribution < -0.4 is 19.4 Å². The first-order valence-corrected chi connectivity index (χ1v) is 23.1. The molecule has 3 fully saturated rings. The van der Waals surface area contributed by atoms with Gasteiger partial charge in [-0.3, -0.25) is 28.8 Å². The van der Waals surface area contributed by atoms with Crippen molar-refractivity contribution in [1.82, 2.24) is 9.78 Å². The summed E-state index contributed by atoms with van der Waals surface area (Å²) in [5.74, 6) is -5.23. The highest BCUT2D eigenvalue weighted by Gasteiger charge is 2.68. The summed E-state index contributed by atoms with van der Waals surface area (Å²) in [4.78, 5) is 65.0. The minimum atomic E-state index is -1.42. The molecule has 330 valence electrons. The van der Waals surface area contributed by atoms with E-state index in [0.29, 0.717) is 43.6 Å². The predicted octanol–water partition coefficient (Wildman–Crippen LogP) is 10.7. The van der Waals surface area contributed by atoms with Crippen LogP contribution in [0.25, 0.3) is 20.7 Å². The molecule has 0 bridgehead atoms. The van der Waals surface area contributed by atoms with Gasteiger partial charge in [0.05, 0.1) is 52.2 Å². The Morgan fingerprint density at radius 3 is 2.28 bits per heavy atom. The van der Waals surface area contributed by atoms with Crippen molar-refractivity contribution < 1.29 is 29.0 Å². The van der Waals surface area contributed by atoms with Crippen LogP contribution in [-0.2, 0) is 26.2 Å². The average molecular weight is 973 g/mol. The van der Waals surface area contributed by atoms with Gasteiger partial charge in [-0.2, -0.15) is 15.3 Å². The van der Waals surface area contributed by atoms with E-state index in [1.165, 1.54) is 16.9 Å². The molecule has 4 aliphatic rings. The number of hydrogen-bond acceptors (Lipinski definition) is 11. The molecule has 4 amide bonds. The van der Waals surface area contributed by atoms with E-state index in [0.717, 1.165) is 31.8 Å². The number of aryl methyl sites for hydroxylation is 2. The summed E-state index contributed by atoms with van der Waals surface area (Å²) in [5, 5.41) is 27.0. The molecule has 1 saturated carbocycles. The second-order valence-electron chi connectivity index (χ2n) is 17.6. The second-order valence-corrected chi connectivity index (χ2v) is 20.0. The summed E-state index contributed by atoms with van der Waals surface area (Å²) in [6, 6.07) is 25.3. The standard InChI is InChI=1S/C49H43BrClN7O6S/c1-24-33-21-26(51)7-18-39(33)65-44(24)37-23-40(56(5)54-37)58-46(61)36-22-34-31(42(49(36,2)48(58)63)35-19-25(50)20-38(64-6)43(35)59)16-17-32-41(34)47(62)57(45(32)60)30-14-10-28(11-15-30)53-52-27-8-12-29(13-9-27)55(3)4/h7-16,18-21,23,32,34,36,41-42,59H,17,22H2,1-6H3/t32-,34+,36-,41-,42+,49+/m0/s1. The van der Waals surface area contributed by atoms with Gasteiger partial charge in [-0.1, -0.05) is 39.2 Å². The number of ether oxygens (including phenoxy) is 1. The van der Waals surface area contributed by atoms with Gasteiger partial charge in [-0.05, 0) is 122 Å². The Bertz CT molecular complexity index is 3070. The topological polar surface area (TPSA) is 150 Å². The van der Waals surface area contributed by atoms with Crippen molar-refractivity contribution in [2.45, 2.75) is 32.6 Å². The van der Waals surface area contributed by atoms with Crippen molar-refractivity contribution in [3.8, 4) is 22.1 Å². The third-order valence-corrected chi connectivity index (χ3v) is 15.8. The minimum Gasteiger partial charge on any atom is -0.504 e. The van der Waals surface area contributed by atoms with Crippen LogP contribution >= 0.6 is 38.9 Å². The van der Waals surface area contributed by atoms with Crippen LogP contribution in [0.3, 0.4) is 0 Å². The molecule has 6 aromatic rings. The largest absolute Gasteiger partial charge is 0.504 e. The quantitative estimate of drug-likeness (QED) is 0.0900. The van der Waals surface area contributed by atoms with Crippen LogP contribution in [0.1, 0.15) is 36.8 Å². The number of rotatable bonds is 8. The molecule has 2 aliphatic heterocycles. The van der Waals surface area contributed by atoms with Crippen LogP contribution in [0.15, 0.2) is 111 Å². The number of halogens is 2. The van der Waals surface area contributed by atoms with Gasteiger partial charge in [0.1, 0.15) is 11.5 Å². The molecule has 1 N–H and O–H groups in total. The van der Waals surface area contributed by atoms with Crippen LogP contribution in [0.2, 0.25) is 5.02 Å². The number of allylic oxidation sites excluding steroid dienone is 2. The Labute approximate surface area is 392 Å². The van der Waals surface area contributed by atoms with Gasteiger partial charge in [0.25, 0.3) is 0 Å². The van der Waals surface area contributed by atoms with Gasteiger partial charge in [-0.25, -0.2) is 4.90 Å². The number of azo groups is 1. The predicted molar refractivity (Wildman–Crippen MR) is 255 cm³/mol. The van der Waals surface area contributed by atoms with Crippen LogP contribution in [-0.4, -0.2) is 59.7 Å². The van der Waals surface area contributed by atoms with E-state index in [1.807, 2.05) is 74.5 Å². The number of fused-ring (bicyclic) bond motifs is 5. The fourth-order valence-corrected chi connectivity index (χ4v) is 12.4. The second kappa shape index (κ2) is 15.8. The SMILES string of the molecule is COc1cc(Br)cc([C@H]2C3=CC[C@@H]4C(=O)N(c5ccc(N=Nc6ccc(N(C)C)cc6)cc5)C(=O)[C@@H]4[C@@H]3C[C@H]3C(=O)N(c4cc(-c5sc6ccc(Cl)cc6c5C)nn4C)C(=O)[C@@]23C)c1O. The molecule has 0 unspecified atom stereocenters. The van der Waals surface area contributed by atoms with Crippen molar-refractivity contribution in [3.63, 3.8) is 0 Å². The van der Waals surface area contributed by atoms with Gasteiger partial charge in [0, 0.05) is 58.6 Å². The molecular weight excluding hydrogens is 930 g/mol. The highest BCUT2D eigenvalue weighted by atomic mass is 79.9. The van der Waals surface area contributed by atoms with Crippen molar-refractivity contribution in [1.29, 1.82) is 0 Å². The van der Waals surface area contributed by atoms with Gasteiger partial charge in [0.2, 0.25) is 23.6 Å².